The molecule has 19 heavy (non-hydrogen) atoms. The smallest absolute Gasteiger partial charge is 0.273 e. The fraction of sp³-hybridized carbons (Fsp3) is 0.462. The number of nitro groups is 1. The maximum atomic E-state index is 12.0. The topological polar surface area (TPSA) is 98.3 Å². The zero-order valence-corrected chi connectivity index (χ0v) is 10.8. The first-order valence-electron chi connectivity index (χ1n) is 6.28. The predicted molar refractivity (Wildman–Crippen MR) is 70.9 cm³/mol. The monoisotopic (exact) mass is 263 g/mol. The molecule has 0 spiro atoms. The van der Waals surface area contributed by atoms with E-state index in [9.17, 15) is 14.9 Å². The third-order valence-corrected chi connectivity index (χ3v) is 3.47. The molecule has 1 fully saturated rings. The molecule has 1 unspecified atom stereocenters. The molecule has 6 nitrogen and oxygen atoms in total. The number of nitrogens with one attached hydrogen (secondary N) is 1. The number of nitro benzene ring substituents is 1. The fourth-order valence-electron chi connectivity index (χ4n) is 2.06. The number of carbonyl (C=O) groups excluding carboxylic acids is 1. The molecule has 3 N–H and O–H groups in total. The first-order valence-corrected chi connectivity index (χ1v) is 6.28. The molecule has 0 saturated heterocycles. The van der Waals surface area contributed by atoms with Crippen LogP contribution in [0.25, 0.3) is 0 Å². The lowest BCUT2D eigenvalue weighted by molar-refractivity contribution is -0.385. The molecule has 6 heteroatoms. The minimum absolute atomic E-state index is 0.0250. The van der Waals surface area contributed by atoms with Crippen LogP contribution in [-0.4, -0.2) is 23.4 Å². The van der Waals surface area contributed by atoms with Gasteiger partial charge >= 0.3 is 0 Å². The number of carbonyl (C=O) groups is 1. The highest BCUT2D eigenvalue weighted by Gasteiger charge is 2.28. The summed E-state index contributed by atoms with van der Waals surface area (Å²) in [5, 5.41) is 13.6. The van der Waals surface area contributed by atoms with E-state index in [1.54, 1.807) is 13.0 Å². The van der Waals surface area contributed by atoms with Crippen molar-refractivity contribution in [2.45, 2.75) is 25.8 Å². The Labute approximate surface area is 111 Å². The molecule has 0 heterocycles. The van der Waals surface area contributed by atoms with Crippen LogP contribution < -0.4 is 11.1 Å². The Bertz CT molecular complexity index is 512. The van der Waals surface area contributed by atoms with Gasteiger partial charge in [0.1, 0.15) is 0 Å². The highest BCUT2D eigenvalue weighted by molar-refractivity contribution is 5.96. The van der Waals surface area contributed by atoms with E-state index in [0.717, 1.165) is 12.8 Å². The average Bonchev–Trinajstić information content (AvgIpc) is 3.19. The van der Waals surface area contributed by atoms with E-state index < -0.39 is 4.92 Å². The van der Waals surface area contributed by atoms with Crippen LogP contribution in [0.15, 0.2) is 18.2 Å². The molecule has 1 aliphatic carbocycles. The minimum Gasteiger partial charge on any atom is -0.350 e. The van der Waals surface area contributed by atoms with Crippen LogP contribution in [0.2, 0.25) is 0 Å². The van der Waals surface area contributed by atoms with Gasteiger partial charge < -0.3 is 11.1 Å². The molecule has 0 aliphatic heterocycles. The Morgan fingerprint density at radius 2 is 2.26 bits per heavy atom. The highest BCUT2D eigenvalue weighted by Crippen LogP contribution is 2.31. The summed E-state index contributed by atoms with van der Waals surface area (Å²) in [5.41, 5.74) is 6.57. The van der Waals surface area contributed by atoms with Gasteiger partial charge in [-0.25, -0.2) is 0 Å². The van der Waals surface area contributed by atoms with Crippen LogP contribution in [-0.2, 0) is 0 Å². The van der Waals surface area contributed by atoms with Gasteiger partial charge in [-0.3, -0.25) is 14.9 Å². The largest absolute Gasteiger partial charge is 0.350 e. The molecular weight excluding hydrogens is 246 g/mol. The molecule has 1 amide bonds. The Morgan fingerprint density at radius 3 is 2.84 bits per heavy atom. The van der Waals surface area contributed by atoms with E-state index in [0.29, 0.717) is 23.6 Å². The number of amides is 1. The molecule has 0 bridgehead atoms. The van der Waals surface area contributed by atoms with Crippen molar-refractivity contribution in [1.29, 1.82) is 0 Å². The average molecular weight is 263 g/mol. The van der Waals surface area contributed by atoms with Gasteiger partial charge in [0.15, 0.2) is 0 Å². The molecule has 1 saturated carbocycles. The summed E-state index contributed by atoms with van der Waals surface area (Å²) >= 11 is 0. The van der Waals surface area contributed by atoms with Crippen molar-refractivity contribution in [2.75, 3.05) is 6.54 Å². The number of nitrogens with zero attached hydrogens (tertiary/aromatic N) is 1. The van der Waals surface area contributed by atoms with E-state index in [1.165, 1.54) is 12.1 Å². The summed E-state index contributed by atoms with van der Waals surface area (Å²) < 4.78 is 0. The molecule has 1 aliphatic rings. The maximum absolute atomic E-state index is 12.0. The van der Waals surface area contributed by atoms with Crippen LogP contribution in [0.1, 0.15) is 28.8 Å². The highest BCUT2D eigenvalue weighted by atomic mass is 16.6. The zero-order valence-electron chi connectivity index (χ0n) is 10.8. The first-order chi connectivity index (χ1) is 9.00. The molecule has 1 aromatic rings. The molecule has 102 valence electrons. The molecule has 0 aromatic heterocycles. The first kappa shape index (κ1) is 13.5. The lowest BCUT2D eigenvalue weighted by Gasteiger charge is -2.12. The summed E-state index contributed by atoms with van der Waals surface area (Å²) in [6.07, 6.45) is 2.24. The fourth-order valence-corrected chi connectivity index (χ4v) is 2.06. The summed E-state index contributed by atoms with van der Waals surface area (Å²) in [4.78, 5) is 22.3. The second-order valence-corrected chi connectivity index (χ2v) is 4.92. The van der Waals surface area contributed by atoms with Crippen LogP contribution in [0.3, 0.4) is 0 Å². The second kappa shape index (κ2) is 5.36. The number of hydrogen-bond acceptors (Lipinski definition) is 4. The van der Waals surface area contributed by atoms with Gasteiger partial charge in [0.25, 0.3) is 11.6 Å². The third-order valence-electron chi connectivity index (χ3n) is 3.47. The van der Waals surface area contributed by atoms with Crippen molar-refractivity contribution in [3.8, 4) is 0 Å². The quantitative estimate of drug-likeness (QED) is 0.619. The van der Waals surface area contributed by atoms with E-state index in [2.05, 4.69) is 5.32 Å². The third kappa shape index (κ3) is 3.08. The minimum atomic E-state index is -0.484. The summed E-state index contributed by atoms with van der Waals surface area (Å²) in [7, 11) is 0. The number of rotatable bonds is 5. The zero-order chi connectivity index (χ0) is 14.0. The lowest BCUT2D eigenvalue weighted by Crippen LogP contribution is -2.38. The summed E-state index contributed by atoms with van der Waals surface area (Å²) in [6.45, 7) is 1.99. The van der Waals surface area contributed by atoms with E-state index in [4.69, 9.17) is 5.73 Å². The van der Waals surface area contributed by atoms with E-state index in [-0.39, 0.29) is 17.6 Å². The van der Waals surface area contributed by atoms with E-state index >= 15 is 0 Å². The van der Waals surface area contributed by atoms with Crippen molar-refractivity contribution in [3.05, 3.63) is 39.4 Å². The van der Waals surface area contributed by atoms with Crippen LogP contribution in [0.4, 0.5) is 5.69 Å². The van der Waals surface area contributed by atoms with Gasteiger partial charge in [-0.05, 0) is 31.7 Å². The van der Waals surface area contributed by atoms with Crippen molar-refractivity contribution in [2.24, 2.45) is 11.7 Å². The summed E-state index contributed by atoms with van der Waals surface area (Å²) in [6, 6.07) is 4.46. The van der Waals surface area contributed by atoms with Crippen molar-refractivity contribution < 1.29 is 9.72 Å². The van der Waals surface area contributed by atoms with Gasteiger partial charge in [-0.1, -0.05) is 6.07 Å². The Balaban J connectivity index is 2.06. The second-order valence-electron chi connectivity index (χ2n) is 4.92. The molecule has 1 atom stereocenters. The normalized spacial score (nSPS) is 15.9. The van der Waals surface area contributed by atoms with Crippen LogP contribution in [0, 0.1) is 23.0 Å². The molecule has 0 radical (unpaired) electrons. The van der Waals surface area contributed by atoms with Gasteiger partial charge in [0, 0.05) is 29.8 Å². The van der Waals surface area contributed by atoms with Crippen molar-refractivity contribution >= 4 is 11.6 Å². The predicted octanol–water partition coefficient (Wildman–Crippen LogP) is 1.37. The Kier molecular flexibility index (Phi) is 3.80. The van der Waals surface area contributed by atoms with Crippen LogP contribution >= 0.6 is 0 Å². The molecular formula is C13H17N3O3. The number of hydrogen-bond donors (Lipinski definition) is 2. The van der Waals surface area contributed by atoms with Crippen molar-refractivity contribution in [3.63, 3.8) is 0 Å². The molecule has 1 aromatic carbocycles. The standard InChI is InChI=1S/C13H17N3O3/c1-8-10(3-2-4-12(8)16(18)19)13(17)15-7-11(14)9-5-6-9/h2-4,9,11H,5-7,14H2,1H3,(H,15,17). The Morgan fingerprint density at radius 1 is 1.58 bits per heavy atom. The van der Waals surface area contributed by atoms with E-state index in [1.807, 2.05) is 0 Å². The number of nitrogens with two attached hydrogens (primary N) is 1. The van der Waals surface area contributed by atoms with Gasteiger partial charge in [-0.2, -0.15) is 0 Å². The Hall–Kier alpha value is -1.95. The van der Waals surface area contributed by atoms with Gasteiger partial charge in [-0.15, -0.1) is 0 Å². The van der Waals surface area contributed by atoms with Crippen LogP contribution in [0.5, 0.6) is 0 Å². The lowest BCUT2D eigenvalue weighted by atomic mass is 10.1. The van der Waals surface area contributed by atoms with Gasteiger partial charge in [0.05, 0.1) is 4.92 Å². The van der Waals surface area contributed by atoms with Crippen molar-refractivity contribution in [1.82, 2.24) is 5.32 Å². The molecule has 2 rings (SSSR count). The van der Waals surface area contributed by atoms with Gasteiger partial charge in [0.2, 0.25) is 0 Å². The number of benzene rings is 1. The SMILES string of the molecule is Cc1c(C(=O)NCC(N)C2CC2)cccc1[N+](=O)[O-]. The summed E-state index contributed by atoms with van der Waals surface area (Å²) in [5.74, 6) is 0.198. The maximum Gasteiger partial charge on any atom is 0.273 e.